The van der Waals surface area contributed by atoms with Gasteiger partial charge < -0.3 is 15.5 Å². The summed E-state index contributed by atoms with van der Waals surface area (Å²) in [5.74, 6) is 1.63. The average molecular weight is 434 g/mol. The molecule has 6 aliphatic rings. The van der Waals surface area contributed by atoms with Gasteiger partial charge in [-0.1, -0.05) is 31.6 Å². The second kappa shape index (κ2) is 7.72. The molecule has 5 heteroatoms. The third-order valence-corrected chi connectivity index (χ3v) is 9.01. The summed E-state index contributed by atoms with van der Waals surface area (Å²) >= 11 is 0. The molecule has 2 bridgehead atoms. The van der Waals surface area contributed by atoms with Crippen LogP contribution in [0.4, 0.5) is 0 Å². The number of fused-ring (bicyclic) bond motifs is 1. The Bertz CT molecular complexity index is 953. The van der Waals surface area contributed by atoms with Crippen LogP contribution in [-0.4, -0.2) is 35.3 Å². The third-order valence-electron chi connectivity index (χ3n) is 9.01. The third kappa shape index (κ3) is 3.49. The maximum Gasteiger partial charge on any atom is 0.255 e. The number of hydrogen-bond donors (Lipinski definition) is 2. The van der Waals surface area contributed by atoms with E-state index in [4.69, 9.17) is 0 Å². The van der Waals surface area contributed by atoms with Crippen LogP contribution in [-0.2, 0) is 17.8 Å². The Labute approximate surface area is 191 Å². The van der Waals surface area contributed by atoms with Crippen LogP contribution in [0, 0.1) is 17.3 Å². The van der Waals surface area contributed by atoms with Gasteiger partial charge in [0.25, 0.3) is 5.91 Å². The zero-order valence-corrected chi connectivity index (χ0v) is 19.0. The summed E-state index contributed by atoms with van der Waals surface area (Å²) in [4.78, 5) is 27.2. The summed E-state index contributed by atoms with van der Waals surface area (Å²) in [6, 6.07) is 6.63. The summed E-state index contributed by atoms with van der Waals surface area (Å²) < 4.78 is 0. The molecule has 1 aromatic rings. The van der Waals surface area contributed by atoms with E-state index in [1.807, 2.05) is 6.07 Å². The first-order valence-electron chi connectivity index (χ1n) is 12.6. The standard InChI is InChI=1S/C27H35N3O2/c1-17-6-9-24(25(31)29-17)30-15-21-11-18(7-8-22(21)26(30)32)10-20-4-2-3-5-23(20)28-16-27-12-19(13-27)14-27/h7-8,11,19-20,23-24,28H,1-6,9-10,12-16H2,(H,29,31)/t19?,20-,23+,24?,27?/m1/s1. The molecule has 170 valence electrons. The second-order valence-corrected chi connectivity index (χ2v) is 11.3. The van der Waals surface area contributed by atoms with Gasteiger partial charge in [-0.05, 0) is 85.8 Å². The highest BCUT2D eigenvalue weighted by molar-refractivity contribution is 6.01. The first-order chi connectivity index (χ1) is 15.5. The van der Waals surface area contributed by atoms with E-state index in [0.29, 0.717) is 30.3 Å². The number of carbonyl (C=O) groups is 2. The highest BCUT2D eigenvalue weighted by atomic mass is 16.2. The van der Waals surface area contributed by atoms with E-state index in [1.165, 1.54) is 57.1 Å². The van der Waals surface area contributed by atoms with Crippen LogP contribution in [0.15, 0.2) is 30.5 Å². The van der Waals surface area contributed by atoms with Crippen LogP contribution in [0.3, 0.4) is 0 Å². The zero-order chi connectivity index (χ0) is 21.9. The lowest BCUT2D eigenvalue weighted by Gasteiger charge is -2.62. The molecule has 0 radical (unpaired) electrons. The monoisotopic (exact) mass is 433 g/mol. The van der Waals surface area contributed by atoms with Gasteiger partial charge in [-0.2, -0.15) is 0 Å². The minimum Gasteiger partial charge on any atom is -0.329 e. The number of hydrogen-bond acceptors (Lipinski definition) is 3. The molecule has 2 heterocycles. The van der Waals surface area contributed by atoms with Gasteiger partial charge in [0.1, 0.15) is 6.04 Å². The summed E-state index contributed by atoms with van der Waals surface area (Å²) in [5, 5.41) is 6.80. The average Bonchev–Trinajstić information content (AvgIpc) is 3.03. The van der Waals surface area contributed by atoms with Crippen molar-refractivity contribution in [2.45, 2.75) is 82.8 Å². The molecule has 2 amide bonds. The summed E-state index contributed by atoms with van der Waals surface area (Å²) in [5.41, 5.74) is 4.60. The molecule has 5 nitrogen and oxygen atoms in total. The fraction of sp³-hybridized carbons (Fsp3) is 0.630. The van der Waals surface area contributed by atoms with Gasteiger partial charge in [0, 0.05) is 30.4 Å². The zero-order valence-electron chi connectivity index (χ0n) is 19.0. The van der Waals surface area contributed by atoms with E-state index in [0.717, 1.165) is 35.6 Å². The van der Waals surface area contributed by atoms with E-state index in [2.05, 4.69) is 29.3 Å². The molecule has 4 saturated carbocycles. The fourth-order valence-electron chi connectivity index (χ4n) is 7.08. The Morgan fingerprint density at radius 3 is 2.69 bits per heavy atom. The Hall–Kier alpha value is -2.14. The summed E-state index contributed by atoms with van der Waals surface area (Å²) in [6.45, 7) is 5.61. The van der Waals surface area contributed by atoms with E-state index >= 15 is 0 Å². The number of nitrogens with one attached hydrogen (secondary N) is 2. The number of benzene rings is 1. The molecule has 32 heavy (non-hydrogen) atoms. The van der Waals surface area contributed by atoms with E-state index in [1.54, 1.807) is 4.90 Å². The first kappa shape index (κ1) is 20.5. The highest BCUT2D eigenvalue weighted by Crippen LogP contribution is 2.64. The molecule has 5 fully saturated rings. The van der Waals surface area contributed by atoms with Crippen LogP contribution in [0.25, 0.3) is 0 Å². The van der Waals surface area contributed by atoms with Crippen molar-refractivity contribution < 1.29 is 9.59 Å². The van der Waals surface area contributed by atoms with Crippen molar-refractivity contribution in [3.8, 4) is 0 Å². The fourth-order valence-corrected chi connectivity index (χ4v) is 7.08. The predicted molar refractivity (Wildman–Crippen MR) is 124 cm³/mol. The van der Waals surface area contributed by atoms with Crippen LogP contribution in [0.1, 0.15) is 79.3 Å². The maximum atomic E-state index is 13.0. The molecule has 0 spiro atoms. The number of carbonyl (C=O) groups excluding carboxylic acids is 2. The minimum atomic E-state index is -0.382. The molecular formula is C27H35N3O2. The molecular weight excluding hydrogens is 398 g/mol. The molecule has 4 aliphatic carbocycles. The molecule has 2 aliphatic heterocycles. The first-order valence-corrected chi connectivity index (χ1v) is 12.6. The number of allylic oxidation sites excluding steroid dienone is 1. The van der Waals surface area contributed by atoms with Crippen molar-refractivity contribution in [1.29, 1.82) is 0 Å². The van der Waals surface area contributed by atoms with Crippen molar-refractivity contribution in [1.82, 2.24) is 15.5 Å². The Kier molecular flexibility index (Phi) is 4.94. The lowest BCUT2D eigenvalue weighted by Crippen LogP contribution is -2.58. The SMILES string of the molecule is C=C1CCC(N2Cc3cc(C[C@H]4CCCC[C@@H]4NCC45CC(C4)C5)ccc3C2=O)C(=O)N1. The molecule has 1 saturated heterocycles. The van der Waals surface area contributed by atoms with Gasteiger partial charge in [0.05, 0.1) is 0 Å². The van der Waals surface area contributed by atoms with E-state index < -0.39 is 0 Å². The van der Waals surface area contributed by atoms with Gasteiger partial charge >= 0.3 is 0 Å². The van der Waals surface area contributed by atoms with Gasteiger partial charge in [-0.3, -0.25) is 9.59 Å². The second-order valence-electron chi connectivity index (χ2n) is 11.3. The lowest BCUT2D eigenvalue weighted by molar-refractivity contribution is -0.126. The Morgan fingerprint density at radius 1 is 1.12 bits per heavy atom. The van der Waals surface area contributed by atoms with Crippen molar-refractivity contribution in [2.75, 3.05) is 6.54 Å². The molecule has 1 aromatic carbocycles. The molecule has 3 atom stereocenters. The van der Waals surface area contributed by atoms with Crippen LogP contribution >= 0.6 is 0 Å². The minimum absolute atomic E-state index is 0.00465. The van der Waals surface area contributed by atoms with E-state index in [-0.39, 0.29) is 17.9 Å². The van der Waals surface area contributed by atoms with Crippen LogP contribution < -0.4 is 10.6 Å². The number of piperidine rings is 1. The van der Waals surface area contributed by atoms with Gasteiger partial charge in [-0.25, -0.2) is 0 Å². The Balaban J connectivity index is 1.12. The van der Waals surface area contributed by atoms with Gasteiger partial charge in [0.15, 0.2) is 0 Å². The van der Waals surface area contributed by atoms with Crippen molar-refractivity contribution in [3.05, 3.63) is 47.2 Å². The molecule has 0 aromatic heterocycles. The molecule has 1 unspecified atom stereocenters. The highest BCUT2D eigenvalue weighted by Gasteiger charge is 2.56. The largest absolute Gasteiger partial charge is 0.329 e. The Morgan fingerprint density at radius 2 is 1.94 bits per heavy atom. The number of nitrogens with zero attached hydrogens (tertiary/aromatic N) is 1. The normalized spacial score (nSPS) is 35.8. The van der Waals surface area contributed by atoms with E-state index in [9.17, 15) is 9.59 Å². The lowest BCUT2D eigenvalue weighted by atomic mass is 9.44. The molecule has 7 rings (SSSR count). The summed E-state index contributed by atoms with van der Waals surface area (Å²) in [6.07, 6.45) is 12.1. The van der Waals surface area contributed by atoms with Crippen molar-refractivity contribution in [3.63, 3.8) is 0 Å². The van der Waals surface area contributed by atoms with Crippen molar-refractivity contribution in [2.24, 2.45) is 17.3 Å². The van der Waals surface area contributed by atoms with Gasteiger partial charge in [0.2, 0.25) is 5.91 Å². The molecule has 2 N–H and O–H groups in total. The van der Waals surface area contributed by atoms with Crippen LogP contribution in [0.2, 0.25) is 0 Å². The van der Waals surface area contributed by atoms with Crippen LogP contribution in [0.5, 0.6) is 0 Å². The van der Waals surface area contributed by atoms with Crippen molar-refractivity contribution >= 4 is 11.8 Å². The number of amides is 2. The quantitative estimate of drug-likeness (QED) is 0.715. The smallest absolute Gasteiger partial charge is 0.255 e. The summed E-state index contributed by atoms with van der Waals surface area (Å²) in [7, 11) is 0. The topological polar surface area (TPSA) is 61.4 Å². The van der Waals surface area contributed by atoms with Gasteiger partial charge in [-0.15, -0.1) is 0 Å². The number of rotatable bonds is 6. The maximum absolute atomic E-state index is 13.0. The predicted octanol–water partition coefficient (Wildman–Crippen LogP) is 3.93.